The van der Waals surface area contributed by atoms with E-state index in [1.165, 1.54) is 12.4 Å². The first kappa shape index (κ1) is 23.9. The highest BCUT2D eigenvalue weighted by molar-refractivity contribution is 5.99. The first-order valence-electron chi connectivity index (χ1n) is 9.07. The van der Waals surface area contributed by atoms with Crippen LogP contribution in [0.3, 0.4) is 0 Å². The van der Waals surface area contributed by atoms with Crippen LogP contribution in [-0.2, 0) is 9.47 Å². The first-order valence-corrected chi connectivity index (χ1v) is 9.07. The minimum atomic E-state index is -1.33. The molecule has 29 heavy (non-hydrogen) atoms. The van der Waals surface area contributed by atoms with Gasteiger partial charge in [-0.2, -0.15) is 5.10 Å². The van der Waals surface area contributed by atoms with E-state index in [2.05, 4.69) is 15.4 Å². The topological polar surface area (TPSA) is 135 Å². The number of carbonyl (C=O) groups excluding carboxylic acids is 2. The van der Waals surface area contributed by atoms with Gasteiger partial charge in [-0.05, 0) is 54.0 Å². The molecule has 0 fully saturated rings. The molecule has 0 aromatic carbocycles. The van der Waals surface area contributed by atoms with E-state index >= 15 is 0 Å². The van der Waals surface area contributed by atoms with Gasteiger partial charge in [-0.25, -0.2) is 24.0 Å². The van der Waals surface area contributed by atoms with Crippen LogP contribution in [0.5, 0.6) is 0 Å². The van der Waals surface area contributed by atoms with Crippen LogP contribution in [0.25, 0.3) is 0 Å². The average molecular weight is 411 g/mol. The Balaban J connectivity index is 2.86. The van der Waals surface area contributed by atoms with Crippen molar-refractivity contribution >= 4 is 24.2 Å². The number of hydrogen-bond acceptors (Lipinski definition) is 6. The van der Waals surface area contributed by atoms with Crippen LogP contribution in [0.1, 0.15) is 48.0 Å². The van der Waals surface area contributed by atoms with Gasteiger partial charge in [0.05, 0.1) is 0 Å². The number of rotatable bonds is 4. The molecule has 1 aromatic rings. The number of amides is 3. The summed E-state index contributed by atoms with van der Waals surface area (Å²) in [4.78, 5) is 40.2. The van der Waals surface area contributed by atoms with E-state index in [1.54, 1.807) is 47.6 Å². The molecule has 0 atom stereocenters. The quantitative estimate of drug-likeness (QED) is 0.442. The van der Waals surface area contributed by atoms with E-state index in [4.69, 9.17) is 9.47 Å². The fourth-order valence-electron chi connectivity index (χ4n) is 2.01. The molecule has 0 saturated heterocycles. The van der Waals surface area contributed by atoms with Crippen molar-refractivity contribution in [2.75, 3.05) is 13.1 Å². The largest absolute Gasteiger partial charge is 0.465 e. The molecule has 1 rings (SSSR count). The summed E-state index contributed by atoms with van der Waals surface area (Å²) in [6, 6.07) is 1.56. The lowest BCUT2D eigenvalue weighted by Gasteiger charge is -2.22. The van der Waals surface area contributed by atoms with Crippen molar-refractivity contribution in [1.29, 1.82) is 0 Å². The number of alkyl carbamates (subject to hydrolysis) is 1. The SMILES string of the molecule is CC(C)(C)OC(=O)/N=C(\N(CCCNC(=O)OC(C)(C)C)C(=O)O)n1cccn1. The molecule has 162 valence electrons. The Hall–Kier alpha value is -3.11. The molecule has 3 amide bonds. The van der Waals surface area contributed by atoms with Crippen LogP contribution < -0.4 is 5.32 Å². The molecule has 0 aliphatic heterocycles. The molecule has 0 saturated carbocycles. The van der Waals surface area contributed by atoms with E-state index in [0.717, 1.165) is 9.58 Å². The minimum Gasteiger partial charge on any atom is -0.465 e. The molecule has 0 radical (unpaired) electrons. The zero-order chi connectivity index (χ0) is 22.2. The highest BCUT2D eigenvalue weighted by Crippen LogP contribution is 2.10. The summed E-state index contributed by atoms with van der Waals surface area (Å²) in [5.41, 5.74) is -1.42. The van der Waals surface area contributed by atoms with E-state index in [-0.39, 0.29) is 25.5 Å². The summed E-state index contributed by atoms with van der Waals surface area (Å²) in [6.45, 7) is 10.3. The van der Waals surface area contributed by atoms with Gasteiger partial charge in [0.25, 0.3) is 0 Å². The third kappa shape index (κ3) is 9.58. The molecular weight excluding hydrogens is 382 g/mol. The monoisotopic (exact) mass is 411 g/mol. The van der Waals surface area contributed by atoms with Crippen molar-refractivity contribution in [1.82, 2.24) is 20.0 Å². The van der Waals surface area contributed by atoms with Crippen molar-refractivity contribution in [3.8, 4) is 0 Å². The summed E-state index contributed by atoms with van der Waals surface area (Å²) in [7, 11) is 0. The standard InChI is InChI=1S/C18H29N5O6/c1-17(2,3)28-14(24)19-9-7-11-22(16(26)27)13(23-12-8-10-20-23)21-15(25)29-18(4,5)6/h8,10,12H,7,9,11H2,1-6H3,(H,19,24)(H,26,27)/b21-13+. The van der Waals surface area contributed by atoms with Gasteiger partial charge in [-0.1, -0.05) is 0 Å². The normalized spacial score (nSPS) is 12.3. The Labute approximate surface area is 169 Å². The van der Waals surface area contributed by atoms with Crippen LogP contribution in [0.4, 0.5) is 14.4 Å². The predicted octanol–water partition coefficient (Wildman–Crippen LogP) is 2.92. The van der Waals surface area contributed by atoms with E-state index in [9.17, 15) is 19.5 Å². The molecule has 2 N–H and O–H groups in total. The van der Waals surface area contributed by atoms with E-state index in [1.807, 2.05) is 0 Å². The van der Waals surface area contributed by atoms with Crippen molar-refractivity contribution in [2.24, 2.45) is 4.99 Å². The average Bonchev–Trinajstić information content (AvgIpc) is 3.03. The maximum atomic E-state index is 12.1. The Morgan fingerprint density at radius 3 is 2.24 bits per heavy atom. The number of aliphatic imine (C=N–C) groups is 1. The van der Waals surface area contributed by atoms with Crippen LogP contribution >= 0.6 is 0 Å². The molecule has 1 heterocycles. The predicted molar refractivity (Wildman–Crippen MR) is 105 cm³/mol. The number of hydrogen-bond donors (Lipinski definition) is 2. The van der Waals surface area contributed by atoms with Gasteiger partial charge in [0.15, 0.2) is 0 Å². The fraction of sp³-hybridized carbons (Fsp3) is 0.611. The van der Waals surface area contributed by atoms with Gasteiger partial charge in [-0.3, -0.25) is 0 Å². The Kier molecular flexibility index (Phi) is 8.16. The number of aromatic nitrogens is 2. The van der Waals surface area contributed by atoms with Gasteiger partial charge < -0.3 is 19.9 Å². The second kappa shape index (κ2) is 9.89. The summed E-state index contributed by atoms with van der Waals surface area (Å²) in [6.07, 6.45) is 0.253. The number of nitrogens with zero attached hydrogens (tertiary/aromatic N) is 4. The third-order valence-electron chi connectivity index (χ3n) is 2.99. The summed E-state index contributed by atoms with van der Waals surface area (Å²) in [5.74, 6) is -0.228. The molecule has 0 aliphatic carbocycles. The number of ether oxygens (including phenoxy) is 2. The van der Waals surface area contributed by atoms with E-state index < -0.39 is 29.5 Å². The smallest absolute Gasteiger partial charge is 0.437 e. The number of nitrogens with one attached hydrogen (secondary N) is 1. The molecular formula is C18H29N5O6. The van der Waals surface area contributed by atoms with Crippen molar-refractivity contribution in [3.05, 3.63) is 18.5 Å². The molecule has 1 aromatic heterocycles. The second-order valence-corrected chi connectivity index (χ2v) is 8.06. The van der Waals surface area contributed by atoms with Gasteiger partial charge in [0, 0.05) is 25.5 Å². The summed E-state index contributed by atoms with van der Waals surface area (Å²) in [5, 5.41) is 16.1. The molecule has 0 unspecified atom stereocenters. The van der Waals surface area contributed by atoms with Gasteiger partial charge in [-0.15, -0.1) is 4.99 Å². The zero-order valence-electron chi connectivity index (χ0n) is 17.6. The lowest BCUT2D eigenvalue weighted by molar-refractivity contribution is 0.0525. The summed E-state index contributed by atoms with van der Waals surface area (Å²) >= 11 is 0. The van der Waals surface area contributed by atoms with Crippen LogP contribution in [0.15, 0.2) is 23.5 Å². The molecule has 11 heteroatoms. The summed E-state index contributed by atoms with van der Waals surface area (Å²) < 4.78 is 11.4. The molecule has 11 nitrogen and oxygen atoms in total. The second-order valence-electron chi connectivity index (χ2n) is 8.06. The Morgan fingerprint density at radius 1 is 1.14 bits per heavy atom. The maximum absolute atomic E-state index is 12.1. The minimum absolute atomic E-state index is 0.0490. The van der Waals surface area contributed by atoms with Gasteiger partial charge in [0.1, 0.15) is 11.2 Å². The van der Waals surface area contributed by atoms with Crippen LogP contribution in [0, 0.1) is 0 Å². The van der Waals surface area contributed by atoms with Crippen LogP contribution in [-0.4, -0.2) is 68.3 Å². The highest BCUT2D eigenvalue weighted by Gasteiger charge is 2.24. The van der Waals surface area contributed by atoms with E-state index in [0.29, 0.717) is 0 Å². The molecule has 0 bridgehead atoms. The highest BCUT2D eigenvalue weighted by atomic mass is 16.6. The first-order chi connectivity index (χ1) is 13.3. The molecule has 0 aliphatic rings. The number of carbonyl (C=O) groups is 3. The maximum Gasteiger partial charge on any atom is 0.437 e. The van der Waals surface area contributed by atoms with Gasteiger partial charge in [0.2, 0.25) is 5.96 Å². The van der Waals surface area contributed by atoms with Crippen molar-refractivity contribution in [2.45, 2.75) is 59.2 Å². The van der Waals surface area contributed by atoms with Crippen LogP contribution in [0.2, 0.25) is 0 Å². The Morgan fingerprint density at radius 2 is 1.76 bits per heavy atom. The number of carboxylic acid groups (broad SMARTS) is 1. The Bertz CT molecular complexity index is 731. The fourth-order valence-corrected chi connectivity index (χ4v) is 2.01. The lowest BCUT2D eigenvalue weighted by Crippen LogP contribution is -2.43. The lowest BCUT2D eigenvalue weighted by atomic mass is 10.2. The molecule has 0 spiro atoms. The zero-order valence-corrected chi connectivity index (χ0v) is 17.6. The van der Waals surface area contributed by atoms with Crippen molar-refractivity contribution in [3.63, 3.8) is 0 Å². The van der Waals surface area contributed by atoms with Gasteiger partial charge >= 0.3 is 18.3 Å². The third-order valence-corrected chi connectivity index (χ3v) is 2.99. The van der Waals surface area contributed by atoms with Crippen molar-refractivity contribution < 1.29 is 29.0 Å².